The summed E-state index contributed by atoms with van der Waals surface area (Å²) in [6.45, 7) is 7.31. The van der Waals surface area contributed by atoms with E-state index < -0.39 is 0 Å². The van der Waals surface area contributed by atoms with Crippen LogP contribution in [-0.2, 0) is 4.79 Å². The van der Waals surface area contributed by atoms with Crippen LogP contribution in [0.15, 0.2) is 36.5 Å². The van der Waals surface area contributed by atoms with E-state index in [1.807, 2.05) is 18.2 Å². The minimum absolute atomic E-state index is 0.164. The Morgan fingerprint density at radius 1 is 1.11 bits per heavy atom. The molecule has 8 heteroatoms. The number of anilines is 3. The Balaban J connectivity index is 1.74. The van der Waals surface area contributed by atoms with Gasteiger partial charge in [-0.05, 0) is 44.2 Å². The number of rotatable bonds is 6. The topological polar surface area (TPSA) is 87.2 Å². The van der Waals surface area contributed by atoms with Crippen molar-refractivity contribution in [3.63, 3.8) is 0 Å². The first-order chi connectivity index (χ1) is 13.0. The second kappa shape index (κ2) is 8.13. The molecule has 0 aliphatic rings. The maximum Gasteiger partial charge on any atom is 0.257 e. The molecule has 0 saturated carbocycles. The third-order valence-electron chi connectivity index (χ3n) is 4.03. The lowest BCUT2D eigenvalue weighted by molar-refractivity contribution is -0.114. The number of carbonyl (C=O) groups is 2. The second-order valence-electron chi connectivity index (χ2n) is 5.91. The molecule has 2 aromatic heterocycles. The number of fused-ring (bicyclic) bond motifs is 1. The van der Waals surface area contributed by atoms with Gasteiger partial charge in [0.25, 0.3) is 5.91 Å². The van der Waals surface area contributed by atoms with E-state index in [1.165, 1.54) is 18.3 Å². The largest absolute Gasteiger partial charge is 0.357 e. The smallest absolute Gasteiger partial charge is 0.257 e. The molecule has 3 rings (SSSR count). The Morgan fingerprint density at radius 2 is 1.89 bits per heavy atom. The third kappa shape index (κ3) is 4.40. The summed E-state index contributed by atoms with van der Waals surface area (Å²) in [4.78, 5) is 34.5. The molecule has 0 saturated heterocycles. The van der Waals surface area contributed by atoms with Gasteiger partial charge in [-0.25, -0.2) is 9.97 Å². The molecule has 140 valence electrons. The molecule has 0 spiro atoms. The Kier molecular flexibility index (Phi) is 5.66. The zero-order valence-electron chi connectivity index (χ0n) is 15.4. The van der Waals surface area contributed by atoms with Crippen molar-refractivity contribution in [3.05, 3.63) is 42.1 Å². The SMILES string of the molecule is CCN(CC)c1ccc(C(=O)Nc2ccc3nc(NC(C)=O)sc3c2)cn1. The first-order valence-electron chi connectivity index (χ1n) is 8.70. The minimum Gasteiger partial charge on any atom is -0.357 e. The molecule has 2 amide bonds. The van der Waals surface area contributed by atoms with Crippen LogP contribution >= 0.6 is 11.3 Å². The number of hydrogen-bond donors (Lipinski definition) is 2. The Hall–Kier alpha value is -3.00. The molecule has 3 aromatic rings. The van der Waals surface area contributed by atoms with Gasteiger partial charge in [0.2, 0.25) is 5.91 Å². The Bertz CT molecular complexity index is 964. The number of pyridine rings is 1. The predicted molar refractivity (Wildman–Crippen MR) is 110 cm³/mol. The van der Waals surface area contributed by atoms with Crippen LogP contribution in [-0.4, -0.2) is 34.9 Å². The summed E-state index contributed by atoms with van der Waals surface area (Å²) in [6, 6.07) is 9.07. The molecule has 2 heterocycles. The molecule has 0 atom stereocenters. The molecule has 27 heavy (non-hydrogen) atoms. The molecule has 7 nitrogen and oxygen atoms in total. The van der Waals surface area contributed by atoms with Crippen molar-refractivity contribution in [3.8, 4) is 0 Å². The Labute approximate surface area is 161 Å². The number of carbonyl (C=O) groups excluding carboxylic acids is 2. The average molecular weight is 383 g/mol. The molecular formula is C19H21N5O2S. The van der Waals surface area contributed by atoms with Gasteiger partial charge in [-0.15, -0.1) is 0 Å². The molecule has 2 N–H and O–H groups in total. The van der Waals surface area contributed by atoms with E-state index in [1.54, 1.807) is 18.3 Å². The lowest BCUT2D eigenvalue weighted by Gasteiger charge is -2.19. The van der Waals surface area contributed by atoms with Crippen molar-refractivity contribution >= 4 is 50.0 Å². The highest BCUT2D eigenvalue weighted by atomic mass is 32.1. The summed E-state index contributed by atoms with van der Waals surface area (Å²) in [5.74, 6) is 0.468. The molecule has 0 radical (unpaired) electrons. The van der Waals surface area contributed by atoms with Gasteiger partial charge in [0.05, 0.1) is 15.8 Å². The van der Waals surface area contributed by atoms with Crippen molar-refractivity contribution in [1.29, 1.82) is 0 Å². The maximum absolute atomic E-state index is 12.5. The van der Waals surface area contributed by atoms with Crippen LogP contribution in [0.4, 0.5) is 16.6 Å². The molecule has 0 bridgehead atoms. The molecule has 0 fully saturated rings. The molecule has 0 unspecified atom stereocenters. The van der Waals surface area contributed by atoms with E-state index in [0.717, 1.165) is 29.1 Å². The lowest BCUT2D eigenvalue weighted by atomic mass is 10.2. The van der Waals surface area contributed by atoms with Gasteiger partial charge in [0.1, 0.15) is 5.82 Å². The standard InChI is InChI=1S/C19H21N5O2S/c1-4-24(5-2)17-9-6-13(11-20-17)18(26)22-14-7-8-15-16(10-14)27-19(23-15)21-12(3)25/h6-11H,4-5H2,1-3H3,(H,22,26)(H,21,23,25). The number of benzene rings is 1. The normalized spacial score (nSPS) is 10.6. The van der Waals surface area contributed by atoms with E-state index in [-0.39, 0.29) is 11.8 Å². The van der Waals surface area contributed by atoms with Gasteiger partial charge in [-0.3, -0.25) is 9.59 Å². The quantitative estimate of drug-likeness (QED) is 0.677. The van der Waals surface area contributed by atoms with Gasteiger partial charge in [-0.1, -0.05) is 11.3 Å². The number of aromatic nitrogens is 2. The zero-order chi connectivity index (χ0) is 19.4. The summed E-state index contributed by atoms with van der Waals surface area (Å²) in [5.41, 5.74) is 1.93. The van der Waals surface area contributed by atoms with Gasteiger partial charge in [0, 0.05) is 31.9 Å². The summed E-state index contributed by atoms with van der Waals surface area (Å²) in [5, 5.41) is 6.09. The lowest BCUT2D eigenvalue weighted by Crippen LogP contribution is -2.23. The first-order valence-corrected chi connectivity index (χ1v) is 9.52. The van der Waals surface area contributed by atoms with Crippen molar-refractivity contribution in [1.82, 2.24) is 9.97 Å². The third-order valence-corrected chi connectivity index (χ3v) is 4.96. The molecule has 0 aliphatic heterocycles. The highest BCUT2D eigenvalue weighted by molar-refractivity contribution is 7.22. The minimum atomic E-state index is -0.223. The Morgan fingerprint density at radius 3 is 2.52 bits per heavy atom. The fraction of sp³-hybridized carbons (Fsp3) is 0.263. The first kappa shape index (κ1) is 18.8. The van der Waals surface area contributed by atoms with E-state index in [0.29, 0.717) is 16.4 Å². The van der Waals surface area contributed by atoms with Crippen LogP contribution in [0.3, 0.4) is 0 Å². The van der Waals surface area contributed by atoms with Gasteiger partial charge in [-0.2, -0.15) is 0 Å². The predicted octanol–water partition coefficient (Wildman–Crippen LogP) is 3.75. The van der Waals surface area contributed by atoms with E-state index in [4.69, 9.17) is 0 Å². The number of nitrogens with zero attached hydrogens (tertiary/aromatic N) is 3. The summed E-state index contributed by atoms with van der Waals surface area (Å²) < 4.78 is 0.881. The number of nitrogens with one attached hydrogen (secondary N) is 2. The van der Waals surface area contributed by atoms with E-state index in [2.05, 4.69) is 39.3 Å². The van der Waals surface area contributed by atoms with Crippen LogP contribution in [0.25, 0.3) is 10.2 Å². The van der Waals surface area contributed by atoms with Crippen LogP contribution in [0.1, 0.15) is 31.1 Å². The van der Waals surface area contributed by atoms with Crippen LogP contribution in [0.5, 0.6) is 0 Å². The molecule has 0 aliphatic carbocycles. The average Bonchev–Trinajstić information content (AvgIpc) is 3.04. The van der Waals surface area contributed by atoms with Crippen LogP contribution in [0.2, 0.25) is 0 Å². The maximum atomic E-state index is 12.5. The summed E-state index contributed by atoms with van der Waals surface area (Å²) in [7, 11) is 0. The summed E-state index contributed by atoms with van der Waals surface area (Å²) >= 11 is 1.36. The fourth-order valence-corrected chi connectivity index (χ4v) is 3.62. The number of hydrogen-bond acceptors (Lipinski definition) is 6. The van der Waals surface area contributed by atoms with Gasteiger partial charge < -0.3 is 15.5 Å². The zero-order valence-corrected chi connectivity index (χ0v) is 16.3. The number of amides is 2. The molecular weight excluding hydrogens is 362 g/mol. The number of thiazole rings is 1. The van der Waals surface area contributed by atoms with Crippen molar-refractivity contribution in [2.45, 2.75) is 20.8 Å². The van der Waals surface area contributed by atoms with Crippen molar-refractivity contribution < 1.29 is 9.59 Å². The van der Waals surface area contributed by atoms with Gasteiger partial charge in [0.15, 0.2) is 5.13 Å². The van der Waals surface area contributed by atoms with E-state index in [9.17, 15) is 9.59 Å². The monoisotopic (exact) mass is 383 g/mol. The van der Waals surface area contributed by atoms with Crippen molar-refractivity contribution in [2.75, 3.05) is 28.6 Å². The highest BCUT2D eigenvalue weighted by Gasteiger charge is 2.11. The van der Waals surface area contributed by atoms with Gasteiger partial charge >= 0.3 is 0 Å². The van der Waals surface area contributed by atoms with Crippen molar-refractivity contribution in [2.24, 2.45) is 0 Å². The molecule has 1 aromatic carbocycles. The van der Waals surface area contributed by atoms with Crippen LogP contribution < -0.4 is 15.5 Å². The second-order valence-corrected chi connectivity index (χ2v) is 6.94. The highest BCUT2D eigenvalue weighted by Crippen LogP contribution is 2.28. The van der Waals surface area contributed by atoms with E-state index >= 15 is 0 Å². The fourth-order valence-electron chi connectivity index (χ4n) is 2.66. The van der Waals surface area contributed by atoms with Crippen LogP contribution in [0, 0.1) is 0 Å². The summed E-state index contributed by atoms with van der Waals surface area (Å²) in [6.07, 6.45) is 1.59.